The predicted octanol–water partition coefficient (Wildman–Crippen LogP) is 4.54. The molecular formula is C14H10FN3. The Kier molecular flexibility index (Phi) is 2.87. The molecule has 0 radical (unpaired) electrons. The molecule has 1 heterocycles. The molecule has 0 spiro atoms. The van der Waals surface area contributed by atoms with E-state index in [1.54, 1.807) is 6.07 Å². The summed E-state index contributed by atoms with van der Waals surface area (Å²) in [7, 11) is 0. The van der Waals surface area contributed by atoms with E-state index in [4.69, 9.17) is 13.1 Å². The molecule has 0 aliphatic rings. The van der Waals surface area contributed by atoms with E-state index in [1.165, 1.54) is 12.1 Å². The van der Waals surface area contributed by atoms with Crippen LogP contribution in [0.1, 0.15) is 11.4 Å². The highest BCUT2D eigenvalue weighted by atomic mass is 19.1. The number of aromatic nitrogens is 1. The van der Waals surface area contributed by atoms with E-state index in [0.717, 1.165) is 11.4 Å². The Balaban J connectivity index is 2.68. The fourth-order valence-corrected chi connectivity index (χ4v) is 2.01. The van der Waals surface area contributed by atoms with Gasteiger partial charge in [-0.05, 0) is 25.5 Å². The van der Waals surface area contributed by atoms with Crippen LogP contribution in [-0.2, 0) is 0 Å². The summed E-state index contributed by atoms with van der Waals surface area (Å²) >= 11 is 0. The SMILES string of the molecule is [C-]#[N+]c1ccc(-c2c(C)[nH]c(C)c2[N+]#[C-])cc1F. The van der Waals surface area contributed by atoms with E-state index < -0.39 is 5.82 Å². The van der Waals surface area contributed by atoms with Crippen molar-refractivity contribution in [1.29, 1.82) is 0 Å². The third kappa shape index (κ3) is 1.74. The van der Waals surface area contributed by atoms with Gasteiger partial charge < -0.3 is 4.98 Å². The molecule has 0 saturated heterocycles. The highest BCUT2D eigenvalue weighted by Crippen LogP contribution is 2.37. The Hall–Kier alpha value is -2.59. The number of hydrogen-bond acceptors (Lipinski definition) is 0. The third-order valence-electron chi connectivity index (χ3n) is 2.81. The largest absolute Gasteiger partial charge is 0.373 e. The molecule has 0 aliphatic heterocycles. The van der Waals surface area contributed by atoms with Crippen LogP contribution in [0.15, 0.2) is 18.2 Å². The lowest BCUT2D eigenvalue weighted by atomic mass is 10.0. The molecule has 0 bridgehead atoms. The van der Waals surface area contributed by atoms with Gasteiger partial charge in [0, 0.05) is 17.0 Å². The minimum absolute atomic E-state index is 0.00646. The average molecular weight is 239 g/mol. The molecule has 0 saturated carbocycles. The molecule has 18 heavy (non-hydrogen) atoms. The van der Waals surface area contributed by atoms with Gasteiger partial charge in [-0.25, -0.2) is 14.1 Å². The van der Waals surface area contributed by atoms with Crippen molar-refractivity contribution >= 4 is 11.4 Å². The van der Waals surface area contributed by atoms with Crippen molar-refractivity contribution in [1.82, 2.24) is 4.98 Å². The zero-order valence-electron chi connectivity index (χ0n) is 10.0. The standard InChI is InChI=1S/C14H10FN3/c1-8-13(14(17-4)9(2)18-8)10-5-6-12(16-3)11(15)7-10/h5-7,18H,1-2H3. The van der Waals surface area contributed by atoms with Gasteiger partial charge in [-0.2, -0.15) is 0 Å². The van der Waals surface area contributed by atoms with Crippen LogP contribution in [0, 0.1) is 32.8 Å². The lowest BCUT2D eigenvalue weighted by Crippen LogP contribution is -1.82. The summed E-state index contributed by atoms with van der Waals surface area (Å²) in [6.45, 7) is 17.7. The first-order valence-electron chi connectivity index (χ1n) is 5.32. The van der Waals surface area contributed by atoms with Crippen LogP contribution in [0.3, 0.4) is 0 Å². The summed E-state index contributed by atoms with van der Waals surface area (Å²) in [5.74, 6) is -0.559. The zero-order chi connectivity index (χ0) is 13.3. The van der Waals surface area contributed by atoms with Crippen LogP contribution < -0.4 is 0 Å². The molecule has 0 fully saturated rings. The Bertz CT molecular complexity index is 699. The Morgan fingerprint density at radius 2 is 1.83 bits per heavy atom. The van der Waals surface area contributed by atoms with Gasteiger partial charge in [0.05, 0.1) is 13.1 Å². The topological polar surface area (TPSA) is 24.5 Å². The van der Waals surface area contributed by atoms with Crippen molar-refractivity contribution in [3.05, 3.63) is 58.2 Å². The van der Waals surface area contributed by atoms with Crippen LogP contribution in [0.2, 0.25) is 0 Å². The number of nitrogens with zero attached hydrogens (tertiary/aromatic N) is 2. The number of aromatic amines is 1. The minimum atomic E-state index is -0.559. The predicted molar refractivity (Wildman–Crippen MR) is 68.2 cm³/mol. The molecule has 2 aromatic rings. The molecule has 0 atom stereocenters. The normalized spacial score (nSPS) is 9.83. The van der Waals surface area contributed by atoms with E-state index in [0.29, 0.717) is 16.8 Å². The highest BCUT2D eigenvalue weighted by molar-refractivity contribution is 5.83. The van der Waals surface area contributed by atoms with E-state index in [2.05, 4.69) is 14.7 Å². The van der Waals surface area contributed by atoms with Gasteiger partial charge in [0.1, 0.15) is 5.82 Å². The second-order valence-electron chi connectivity index (χ2n) is 3.99. The molecule has 1 aromatic heterocycles. The second-order valence-corrected chi connectivity index (χ2v) is 3.99. The first kappa shape index (κ1) is 11.9. The van der Waals surface area contributed by atoms with E-state index >= 15 is 0 Å². The van der Waals surface area contributed by atoms with E-state index in [-0.39, 0.29) is 5.69 Å². The summed E-state index contributed by atoms with van der Waals surface area (Å²) < 4.78 is 13.6. The fraction of sp³-hybridized carbons (Fsp3) is 0.143. The van der Waals surface area contributed by atoms with Gasteiger partial charge in [0.2, 0.25) is 11.4 Å². The first-order chi connectivity index (χ1) is 8.58. The summed E-state index contributed by atoms with van der Waals surface area (Å²) in [6.07, 6.45) is 0. The zero-order valence-corrected chi connectivity index (χ0v) is 10.0. The molecule has 4 heteroatoms. The summed E-state index contributed by atoms with van der Waals surface area (Å²) in [5.41, 5.74) is 3.42. The van der Waals surface area contributed by atoms with Gasteiger partial charge in [-0.1, -0.05) is 12.1 Å². The second kappa shape index (κ2) is 4.35. The Morgan fingerprint density at radius 1 is 1.11 bits per heavy atom. The van der Waals surface area contributed by atoms with Crippen LogP contribution in [0.4, 0.5) is 15.8 Å². The maximum Gasteiger partial charge on any atom is 0.222 e. The quantitative estimate of drug-likeness (QED) is 0.707. The lowest BCUT2D eigenvalue weighted by molar-refractivity contribution is 0.634. The van der Waals surface area contributed by atoms with Crippen molar-refractivity contribution in [2.45, 2.75) is 13.8 Å². The number of benzene rings is 1. The average Bonchev–Trinajstić information content (AvgIpc) is 2.63. The summed E-state index contributed by atoms with van der Waals surface area (Å²) in [5, 5.41) is 0. The maximum absolute atomic E-state index is 13.6. The number of rotatable bonds is 1. The van der Waals surface area contributed by atoms with Crippen LogP contribution in [0.25, 0.3) is 20.8 Å². The molecule has 0 unspecified atom stereocenters. The van der Waals surface area contributed by atoms with Gasteiger partial charge >= 0.3 is 0 Å². The van der Waals surface area contributed by atoms with Crippen LogP contribution in [0.5, 0.6) is 0 Å². The van der Waals surface area contributed by atoms with Gasteiger partial charge in [0.15, 0.2) is 0 Å². The molecule has 1 aromatic carbocycles. The molecule has 88 valence electrons. The molecule has 0 amide bonds. The van der Waals surface area contributed by atoms with Gasteiger partial charge in [-0.15, -0.1) is 0 Å². The minimum Gasteiger partial charge on any atom is -0.373 e. The molecular weight excluding hydrogens is 229 g/mol. The third-order valence-corrected chi connectivity index (χ3v) is 2.81. The van der Waals surface area contributed by atoms with Crippen molar-refractivity contribution in [3.8, 4) is 11.1 Å². The van der Waals surface area contributed by atoms with Gasteiger partial charge in [0.25, 0.3) is 0 Å². The summed E-state index contributed by atoms with van der Waals surface area (Å²) in [4.78, 5) is 9.63. The van der Waals surface area contributed by atoms with Gasteiger partial charge in [-0.3, -0.25) is 0 Å². The van der Waals surface area contributed by atoms with Crippen molar-refractivity contribution in [2.75, 3.05) is 0 Å². The Labute approximate surface area is 105 Å². The number of aryl methyl sites for hydroxylation is 2. The number of nitrogens with one attached hydrogen (secondary N) is 1. The van der Waals surface area contributed by atoms with Crippen molar-refractivity contribution in [2.24, 2.45) is 0 Å². The fourth-order valence-electron chi connectivity index (χ4n) is 2.01. The number of hydrogen-bond donors (Lipinski definition) is 1. The molecule has 2 rings (SSSR count). The van der Waals surface area contributed by atoms with E-state index in [1.807, 2.05) is 13.8 Å². The number of halogens is 1. The molecule has 3 nitrogen and oxygen atoms in total. The lowest BCUT2D eigenvalue weighted by Gasteiger charge is -2.03. The molecule has 0 aliphatic carbocycles. The highest BCUT2D eigenvalue weighted by Gasteiger charge is 2.15. The Morgan fingerprint density at radius 3 is 2.39 bits per heavy atom. The number of H-pyrrole nitrogens is 1. The first-order valence-corrected chi connectivity index (χ1v) is 5.32. The monoisotopic (exact) mass is 239 g/mol. The smallest absolute Gasteiger partial charge is 0.222 e. The van der Waals surface area contributed by atoms with Crippen molar-refractivity contribution < 1.29 is 4.39 Å². The van der Waals surface area contributed by atoms with Crippen LogP contribution in [-0.4, -0.2) is 4.98 Å². The van der Waals surface area contributed by atoms with E-state index in [9.17, 15) is 4.39 Å². The van der Waals surface area contributed by atoms with Crippen molar-refractivity contribution in [3.63, 3.8) is 0 Å². The summed E-state index contributed by atoms with van der Waals surface area (Å²) in [6, 6.07) is 4.41. The molecule has 1 N–H and O–H groups in total. The van der Waals surface area contributed by atoms with Crippen LogP contribution >= 0.6 is 0 Å². The maximum atomic E-state index is 13.6.